The minimum atomic E-state index is -0.896. The fourth-order valence-electron chi connectivity index (χ4n) is 4.28. The minimum Gasteiger partial charge on any atom is -0.459 e. The van der Waals surface area contributed by atoms with E-state index < -0.39 is 11.9 Å². The average Bonchev–Trinajstić information content (AvgIpc) is 3.52. The van der Waals surface area contributed by atoms with Crippen molar-refractivity contribution in [2.75, 3.05) is 4.90 Å². The van der Waals surface area contributed by atoms with Crippen LogP contribution in [-0.4, -0.2) is 23.6 Å². The highest BCUT2D eigenvalue weighted by Gasteiger charge is 2.35. The van der Waals surface area contributed by atoms with Crippen LogP contribution in [0.25, 0.3) is 0 Å². The lowest BCUT2D eigenvalue weighted by Gasteiger charge is -2.32. The first-order valence-corrected chi connectivity index (χ1v) is 11.3. The van der Waals surface area contributed by atoms with Crippen molar-refractivity contribution in [2.45, 2.75) is 51.6 Å². The Morgan fingerprint density at radius 1 is 0.970 bits per heavy atom. The number of hydrogen-bond acceptors (Lipinski definition) is 4. The molecule has 4 rings (SSSR count). The number of hydrogen-bond donors (Lipinski definition) is 1. The van der Waals surface area contributed by atoms with Gasteiger partial charge in [-0.05, 0) is 68.7 Å². The zero-order chi connectivity index (χ0) is 23.4. The van der Waals surface area contributed by atoms with E-state index in [4.69, 9.17) is 4.42 Å². The Morgan fingerprint density at radius 3 is 2.21 bits per heavy atom. The van der Waals surface area contributed by atoms with Gasteiger partial charge < -0.3 is 9.73 Å². The number of furan rings is 1. The van der Waals surface area contributed by atoms with E-state index in [9.17, 15) is 14.4 Å². The predicted octanol–water partition coefficient (Wildman–Crippen LogP) is 5.24. The molecule has 170 valence electrons. The monoisotopic (exact) mass is 444 g/mol. The molecule has 1 heterocycles. The van der Waals surface area contributed by atoms with Gasteiger partial charge in [0.1, 0.15) is 6.04 Å². The SMILES string of the molecule is CC(=O)c1ccc(N(C(=O)c2ccco2)C(C(=O)NC2CCCC2)c2ccc(C)cc2)cc1. The molecule has 1 atom stereocenters. The zero-order valence-corrected chi connectivity index (χ0v) is 18.9. The van der Waals surface area contributed by atoms with Crippen LogP contribution in [0.3, 0.4) is 0 Å². The summed E-state index contributed by atoms with van der Waals surface area (Å²) in [5, 5.41) is 3.15. The Hall–Kier alpha value is -3.67. The first-order valence-electron chi connectivity index (χ1n) is 11.3. The number of anilines is 1. The van der Waals surface area contributed by atoms with Crippen LogP contribution in [0.5, 0.6) is 0 Å². The van der Waals surface area contributed by atoms with Crippen LogP contribution in [0.15, 0.2) is 71.3 Å². The zero-order valence-electron chi connectivity index (χ0n) is 18.9. The van der Waals surface area contributed by atoms with Crippen molar-refractivity contribution in [1.29, 1.82) is 0 Å². The highest BCUT2D eigenvalue weighted by molar-refractivity contribution is 6.09. The molecule has 0 aliphatic heterocycles. The summed E-state index contributed by atoms with van der Waals surface area (Å²) in [6, 6.07) is 16.8. The minimum absolute atomic E-state index is 0.0699. The summed E-state index contributed by atoms with van der Waals surface area (Å²) >= 11 is 0. The molecule has 1 aliphatic carbocycles. The molecule has 33 heavy (non-hydrogen) atoms. The number of carbonyl (C=O) groups is 3. The lowest BCUT2D eigenvalue weighted by atomic mass is 10.00. The molecule has 0 saturated heterocycles. The second-order valence-electron chi connectivity index (χ2n) is 8.56. The van der Waals surface area contributed by atoms with E-state index in [-0.39, 0.29) is 23.5 Å². The van der Waals surface area contributed by atoms with Gasteiger partial charge in [-0.3, -0.25) is 19.3 Å². The van der Waals surface area contributed by atoms with E-state index in [2.05, 4.69) is 5.32 Å². The normalized spacial score (nSPS) is 14.6. The molecule has 2 aromatic carbocycles. The Balaban J connectivity index is 1.80. The van der Waals surface area contributed by atoms with Crippen LogP contribution in [0.4, 0.5) is 5.69 Å². The smallest absolute Gasteiger partial charge is 0.294 e. The van der Waals surface area contributed by atoms with Gasteiger partial charge in [0.25, 0.3) is 5.91 Å². The van der Waals surface area contributed by atoms with Crippen LogP contribution in [-0.2, 0) is 4.79 Å². The number of benzene rings is 2. The van der Waals surface area contributed by atoms with Gasteiger partial charge in [-0.2, -0.15) is 0 Å². The number of rotatable bonds is 7. The molecule has 6 nitrogen and oxygen atoms in total. The maximum atomic E-state index is 13.7. The number of amides is 2. The molecule has 2 amide bonds. The summed E-state index contributed by atoms with van der Waals surface area (Å²) in [7, 11) is 0. The molecule has 0 bridgehead atoms. The molecule has 1 aromatic heterocycles. The highest BCUT2D eigenvalue weighted by atomic mass is 16.3. The van der Waals surface area contributed by atoms with E-state index in [1.165, 1.54) is 18.1 Å². The summed E-state index contributed by atoms with van der Waals surface area (Å²) in [6.07, 6.45) is 5.48. The molecule has 1 fully saturated rings. The van der Waals surface area contributed by atoms with Crippen molar-refractivity contribution >= 4 is 23.3 Å². The van der Waals surface area contributed by atoms with E-state index in [1.54, 1.807) is 36.4 Å². The summed E-state index contributed by atoms with van der Waals surface area (Å²) in [5.74, 6) is -0.597. The Morgan fingerprint density at radius 2 is 1.64 bits per heavy atom. The molecule has 1 unspecified atom stereocenters. The molecular formula is C27H28N2O4. The highest BCUT2D eigenvalue weighted by Crippen LogP contribution is 2.31. The average molecular weight is 445 g/mol. The van der Waals surface area contributed by atoms with Crippen LogP contribution < -0.4 is 10.2 Å². The lowest BCUT2D eigenvalue weighted by molar-refractivity contribution is -0.123. The number of ketones is 1. The van der Waals surface area contributed by atoms with Gasteiger partial charge in [-0.15, -0.1) is 0 Å². The summed E-state index contributed by atoms with van der Waals surface area (Å²) < 4.78 is 5.40. The third-order valence-electron chi connectivity index (χ3n) is 6.10. The predicted molar refractivity (Wildman–Crippen MR) is 126 cm³/mol. The molecule has 6 heteroatoms. The number of nitrogens with one attached hydrogen (secondary N) is 1. The van der Waals surface area contributed by atoms with Crippen molar-refractivity contribution in [1.82, 2.24) is 5.32 Å². The third kappa shape index (κ3) is 5.06. The maximum absolute atomic E-state index is 13.7. The fraction of sp³-hybridized carbons (Fsp3) is 0.296. The Bertz CT molecular complexity index is 1110. The van der Waals surface area contributed by atoms with E-state index in [0.717, 1.165) is 31.2 Å². The van der Waals surface area contributed by atoms with Crippen molar-refractivity contribution in [3.63, 3.8) is 0 Å². The van der Waals surface area contributed by atoms with Gasteiger partial charge in [-0.1, -0.05) is 42.7 Å². The van der Waals surface area contributed by atoms with Gasteiger partial charge in [0.05, 0.1) is 6.26 Å². The standard InChI is InChI=1S/C27H28N2O4/c1-18-9-11-21(12-10-18)25(26(31)28-22-6-3-4-7-22)29(27(32)24-8-5-17-33-24)23-15-13-20(14-16-23)19(2)30/h5,8-17,22,25H,3-4,6-7H2,1-2H3,(H,28,31). The first-order chi connectivity index (χ1) is 15.9. The van der Waals surface area contributed by atoms with Crippen molar-refractivity contribution < 1.29 is 18.8 Å². The second kappa shape index (κ2) is 9.86. The van der Waals surface area contributed by atoms with Crippen molar-refractivity contribution in [3.05, 3.63) is 89.4 Å². The van der Waals surface area contributed by atoms with Crippen LogP contribution in [0, 0.1) is 6.92 Å². The third-order valence-corrected chi connectivity index (χ3v) is 6.10. The van der Waals surface area contributed by atoms with Crippen LogP contribution >= 0.6 is 0 Å². The van der Waals surface area contributed by atoms with E-state index in [1.807, 2.05) is 31.2 Å². The molecule has 3 aromatic rings. The molecular weight excluding hydrogens is 416 g/mol. The molecule has 0 radical (unpaired) electrons. The topological polar surface area (TPSA) is 79.6 Å². The number of carbonyl (C=O) groups excluding carboxylic acids is 3. The Labute approximate surface area is 193 Å². The molecule has 1 saturated carbocycles. The maximum Gasteiger partial charge on any atom is 0.294 e. The van der Waals surface area contributed by atoms with Gasteiger partial charge >= 0.3 is 0 Å². The van der Waals surface area contributed by atoms with Crippen molar-refractivity contribution in [2.24, 2.45) is 0 Å². The van der Waals surface area contributed by atoms with Crippen LogP contribution in [0.2, 0.25) is 0 Å². The second-order valence-corrected chi connectivity index (χ2v) is 8.56. The van der Waals surface area contributed by atoms with Crippen LogP contribution in [0.1, 0.15) is 70.7 Å². The number of Topliss-reactive ketones (excluding diaryl/α,β-unsaturated/α-hetero) is 1. The van der Waals surface area contributed by atoms with Gasteiger partial charge in [0, 0.05) is 17.3 Å². The quantitative estimate of drug-likeness (QED) is 0.506. The number of aryl methyl sites for hydroxylation is 1. The van der Waals surface area contributed by atoms with Gasteiger partial charge in [0.15, 0.2) is 11.5 Å². The summed E-state index contributed by atoms with van der Waals surface area (Å²) in [4.78, 5) is 40.5. The van der Waals surface area contributed by atoms with Crippen molar-refractivity contribution in [3.8, 4) is 0 Å². The molecule has 1 aliphatic rings. The fourth-order valence-corrected chi connectivity index (χ4v) is 4.28. The van der Waals surface area contributed by atoms with Gasteiger partial charge in [0.2, 0.25) is 5.91 Å². The lowest BCUT2D eigenvalue weighted by Crippen LogP contribution is -2.46. The number of nitrogens with zero attached hydrogens (tertiary/aromatic N) is 1. The summed E-state index contributed by atoms with van der Waals surface area (Å²) in [6.45, 7) is 3.47. The summed E-state index contributed by atoms with van der Waals surface area (Å²) in [5.41, 5.74) is 2.80. The van der Waals surface area contributed by atoms with E-state index >= 15 is 0 Å². The molecule has 1 N–H and O–H groups in total. The first kappa shape index (κ1) is 22.5. The van der Waals surface area contributed by atoms with Gasteiger partial charge in [-0.25, -0.2) is 0 Å². The van der Waals surface area contributed by atoms with E-state index in [0.29, 0.717) is 16.8 Å². The molecule has 0 spiro atoms. The largest absolute Gasteiger partial charge is 0.459 e. The Kier molecular flexibility index (Phi) is 6.73.